The lowest BCUT2D eigenvalue weighted by Crippen LogP contribution is -1.95. The molecule has 10 nitrogen and oxygen atoms in total. The van der Waals surface area contributed by atoms with E-state index < -0.39 is 17.9 Å². The van der Waals surface area contributed by atoms with Crippen molar-refractivity contribution in [3.05, 3.63) is 137 Å². The minimum Gasteiger partial charge on any atom is -0.478 e. The van der Waals surface area contributed by atoms with Crippen LogP contribution in [0.25, 0.3) is 78.6 Å². The first-order valence-electron chi connectivity index (χ1n) is 15.6. The van der Waals surface area contributed by atoms with Crippen molar-refractivity contribution >= 4 is 63.2 Å². The number of benzene rings is 3. The molecule has 4 aromatic heterocycles. The van der Waals surface area contributed by atoms with Gasteiger partial charge in [-0.25, -0.2) is 19.4 Å². The van der Waals surface area contributed by atoms with Crippen molar-refractivity contribution in [1.29, 1.82) is 0 Å². The molecule has 3 aromatic carbocycles. The summed E-state index contributed by atoms with van der Waals surface area (Å²) in [5, 5.41) is 28.6. The first-order chi connectivity index (χ1) is 24.2. The van der Waals surface area contributed by atoms with Gasteiger partial charge in [-0.2, -0.15) is 0 Å². The van der Waals surface area contributed by atoms with Crippen LogP contribution in [0.4, 0.5) is 0 Å². The van der Waals surface area contributed by atoms with Crippen molar-refractivity contribution in [2.75, 3.05) is 0 Å². The van der Waals surface area contributed by atoms with Gasteiger partial charge in [-0.1, -0.05) is 36.4 Å². The molecule has 50 heavy (non-hydrogen) atoms. The van der Waals surface area contributed by atoms with Gasteiger partial charge in [0, 0.05) is 44.3 Å². The molecule has 0 spiro atoms. The Bertz CT molecular complexity index is 2660. The molecule has 0 saturated carbocycles. The predicted molar refractivity (Wildman–Crippen MR) is 192 cm³/mol. The third-order valence-electron chi connectivity index (χ3n) is 8.84. The molecule has 0 unspecified atom stereocenters. The Kier molecular flexibility index (Phi) is 7.11. The van der Waals surface area contributed by atoms with Crippen LogP contribution in [0, 0.1) is 0 Å². The van der Waals surface area contributed by atoms with Gasteiger partial charge < -0.3 is 30.3 Å². The van der Waals surface area contributed by atoms with Gasteiger partial charge in [0.25, 0.3) is 0 Å². The van der Waals surface area contributed by atoms with Gasteiger partial charge in [-0.3, -0.25) is 0 Å². The number of nitrogens with one attached hydrogen (secondary N) is 3. The highest BCUT2D eigenvalue weighted by Gasteiger charge is 2.16. The van der Waals surface area contributed by atoms with Crippen molar-refractivity contribution in [1.82, 2.24) is 19.9 Å². The van der Waals surface area contributed by atoms with Gasteiger partial charge >= 0.3 is 17.9 Å². The van der Waals surface area contributed by atoms with Gasteiger partial charge in [-0.15, -0.1) is 0 Å². The maximum Gasteiger partial charge on any atom is 0.335 e. The zero-order valence-electron chi connectivity index (χ0n) is 26.1. The van der Waals surface area contributed by atoms with E-state index in [0.717, 1.165) is 66.5 Å². The summed E-state index contributed by atoms with van der Waals surface area (Å²) in [6, 6.07) is 31.7. The summed E-state index contributed by atoms with van der Waals surface area (Å²) in [6.45, 7) is 0. The molecule has 7 aromatic rings. The highest BCUT2D eigenvalue weighted by molar-refractivity contribution is 6.01. The van der Waals surface area contributed by atoms with Crippen LogP contribution in [0.5, 0.6) is 0 Å². The summed E-state index contributed by atoms with van der Waals surface area (Å²) in [7, 11) is 0. The fourth-order valence-corrected chi connectivity index (χ4v) is 6.41. The average Bonchev–Trinajstić information content (AvgIpc) is 3.95. The van der Waals surface area contributed by atoms with Crippen LogP contribution in [-0.2, 0) is 0 Å². The maximum atomic E-state index is 11.7. The molecule has 0 fully saturated rings. The second-order valence-corrected chi connectivity index (χ2v) is 11.8. The SMILES string of the molecule is O=C(O)c1ccc(-c2c3nc(c4ccc([nH]4)c(-c4ccc(C(=O)O)cc4)c4ccc([nH]4)c(-c4ccc(C(=O)O)cc4)c4ccc2[nH]4)C=C3)cc1. The number of aromatic nitrogens is 4. The van der Waals surface area contributed by atoms with Gasteiger partial charge in [-0.05, 0) is 102 Å². The minimum absolute atomic E-state index is 0.160. The van der Waals surface area contributed by atoms with Crippen LogP contribution in [0.3, 0.4) is 0 Å². The van der Waals surface area contributed by atoms with Crippen molar-refractivity contribution < 1.29 is 29.7 Å². The fourth-order valence-electron chi connectivity index (χ4n) is 6.41. The van der Waals surface area contributed by atoms with E-state index in [1.807, 2.05) is 48.6 Å². The van der Waals surface area contributed by atoms with Crippen LogP contribution < -0.4 is 0 Å². The van der Waals surface area contributed by atoms with E-state index in [-0.39, 0.29) is 16.7 Å². The van der Waals surface area contributed by atoms with E-state index in [4.69, 9.17) is 4.98 Å². The first kappa shape index (κ1) is 30.2. The van der Waals surface area contributed by atoms with E-state index in [1.165, 1.54) is 0 Å². The fraction of sp³-hybridized carbons (Fsp3) is 0. The topological polar surface area (TPSA) is 172 Å². The zero-order chi connectivity index (χ0) is 34.5. The summed E-state index contributed by atoms with van der Waals surface area (Å²) in [6.07, 6.45) is 3.84. The smallest absolute Gasteiger partial charge is 0.335 e. The minimum atomic E-state index is -1.03. The van der Waals surface area contributed by atoms with Crippen molar-refractivity contribution in [2.45, 2.75) is 0 Å². The van der Waals surface area contributed by atoms with Crippen molar-refractivity contribution in [3.63, 3.8) is 0 Å². The number of aromatic carboxylic acids is 3. The molecule has 0 aliphatic carbocycles. The Labute approximate surface area is 283 Å². The van der Waals surface area contributed by atoms with Gasteiger partial charge in [0.1, 0.15) is 0 Å². The Morgan fingerprint density at radius 2 is 0.680 bits per heavy atom. The largest absolute Gasteiger partial charge is 0.478 e. The Morgan fingerprint density at radius 1 is 0.380 bits per heavy atom. The second-order valence-electron chi connectivity index (χ2n) is 11.8. The van der Waals surface area contributed by atoms with Crippen molar-refractivity contribution in [3.8, 4) is 33.4 Å². The average molecular weight is 659 g/mol. The first-order valence-corrected chi connectivity index (χ1v) is 15.6. The van der Waals surface area contributed by atoms with E-state index >= 15 is 0 Å². The Hall–Kier alpha value is -7.20. The summed E-state index contributed by atoms with van der Waals surface area (Å²) in [5.41, 5.74) is 11.1. The summed E-state index contributed by atoms with van der Waals surface area (Å²) < 4.78 is 0. The summed E-state index contributed by atoms with van der Waals surface area (Å²) in [5.74, 6) is -3.06. The molecule has 8 bridgehead atoms. The van der Waals surface area contributed by atoms with Gasteiger partial charge in [0.2, 0.25) is 0 Å². The number of fused-ring (bicyclic) bond motifs is 9. The molecule has 0 radical (unpaired) electrons. The van der Waals surface area contributed by atoms with Gasteiger partial charge in [0.05, 0.1) is 33.6 Å². The molecule has 0 atom stereocenters. The lowest BCUT2D eigenvalue weighted by Gasteiger charge is -2.06. The lowest BCUT2D eigenvalue weighted by molar-refractivity contribution is 0.0686. The van der Waals surface area contributed by atoms with Crippen LogP contribution in [-0.4, -0.2) is 53.2 Å². The molecule has 0 amide bonds. The maximum absolute atomic E-state index is 11.7. The van der Waals surface area contributed by atoms with Crippen LogP contribution in [0.2, 0.25) is 0 Å². The molecule has 0 saturated heterocycles. The number of carboxylic acids is 3. The Balaban J connectivity index is 1.50. The molecule has 242 valence electrons. The van der Waals surface area contributed by atoms with E-state index in [1.54, 1.807) is 72.8 Å². The number of carboxylic acid groups (broad SMARTS) is 3. The molecular formula is C40H26N4O6. The van der Waals surface area contributed by atoms with Crippen LogP contribution in [0.15, 0.2) is 109 Å². The predicted octanol–water partition coefficient (Wildman–Crippen LogP) is 8.79. The van der Waals surface area contributed by atoms with Crippen LogP contribution in [0.1, 0.15) is 42.5 Å². The second kappa shape index (κ2) is 11.8. The monoisotopic (exact) mass is 658 g/mol. The molecule has 5 heterocycles. The number of hydrogen-bond donors (Lipinski definition) is 6. The molecule has 10 heteroatoms. The van der Waals surface area contributed by atoms with E-state index in [0.29, 0.717) is 11.4 Å². The zero-order valence-corrected chi connectivity index (χ0v) is 26.1. The highest BCUT2D eigenvalue weighted by Crippen LogP contribution is 2.36. The van der Waals surface area contributed by atoms with Crippen LogP contribution >= 0.6 is 0 Å². The number of nitrogens with zero attached hydrogens (tertiary/aromatic N) is 1. The molecule has 6 N–H and O–H groups in total. The number of H-pyrrole nitrogens is 3. The quantitative estimate of drug-likeness (QED) is 0.104. The van der Waals surface area contributed by atoms with Crippen molar-refractivity contribution in [2.24, 2.45) is 0 Å². The summed E-state index contributed by atoms with van der Waals surface area (Å²) in [4.78, 5) is 50.7. The van der Waals surface area contributed by atoms with Gasteiger partial charge in [0.15, 0.2) is 0 Å². The lowest BCUT2D eigenvalue weighted by atomic mass is 10.0. The van der Waals surface area contributed by atoms with E-state index in [2.05, 4.69) is 15.0 Å². The Morgan fingerprint density at radius 3 is 1.06 bits per heavy atom. The number of rotatable bonds is 6. The molecular weight excluding hydrogens is 632 g/mol. The highest BCUT2D eigenvalue weighted by atomic mass is 16.4. The number of aromatic amines is 3. The third kappa shape index (κ3) is 5.26. The number of hydrogen-bond acceptors (Lipinski definition) is 4. The third-order valence-corrected chi connectivity index (χ3v) is 8.84. The van der Waals surface area contributed by atoms with E-state index in [9.17, 15) is 29.7 Å². The molecule has 1 aliphatic heterocycles. The molecule has 1 aliphatic rings. The number of carbonyl (C=O) groups is 3. The molecule has 8 rings (SSSR count). The normalized spacial score (nSPS) is 11.6. The standard InChI is InChI=1S/C40H26N4O6/c45-38(46)24-7-1-21(2-8-24)35-29-15-13-27(41-29)28-14-16-30(42-28)36(22-3-9-25(10-4-22)39(47)48)32-18-20-34(44-32)37(33-19-17-31(35)43-33)23-5-11-26(12-6-23)40(49)50/h1-20,41,43-44H,(H,45,46)(H,47,48)(H,49,50). The summed E-state index contributed by atoms with van der Waals surface area (Å²) >= 11 is 0.